The summed E-state index contributed by atoms with van der Waals surface area (Å²) in [6, 6.07) is 6.27. The topological polar surface area (TPSA) is 145 Å². The summed E-state index contributed by atoms with van der Waals surface area (Å²) in [6.45, 7) is 3.72. The number of nitrogens with zero attached hydrogens (tertiary/aromatic N) is 4. The lowest BCUT2D eigenvalue weighted by atomic mass is 9.91. The highest BCUT2D eigenvalue weighted by molar-refractivity contribution is 7.71. The van der Waals surface area contributed by atoms with Crippen molar-refractivity contribution in [2.75, 3.05) is 0 Å². The molecule has 146 valence electrons. The van der Waals surface area contributed by atoms with Crippen LogP contribution in [0.1, 0.15) is 11.4 Å². The van der Waals surface area contributed by atoms with Gasteiger partial charge in [0.25, 0.3) is 5.69 Å². The fraction of sp³-hybridized carbons (Fsp3) is 0.118. The fourth-order valence-electron chi connectivity index (χ4n) is 3.25. The van der Waals surface area contributed by atoms with E-state index in [1.165, 1.54) is 12.1 Å². The maximum absolute atomic E-state index is 11.1. The van der Waals surface area contributed by atoms with Crippen LogP contribution in [0.2, 0.25) is 0 Å². The first kappa shape index (κ1) is 18.8. The van der Waals surface area contributed by atoms with Crippen LogP contribution in [-0.4, -0.2) is 40.3 Å². The van der Waals surface area contributed by atoms with E-state index in [0.29, 0.717) is 43.7 Å². The molecule has 0 aliphatic heterocycles. The van der Waals surface area contributed by atoms with Crippen LogP contribution in [-0.2, 0) is 0 Å². The Morgan fingerprint density at radius 3 is 1.66 bits per heavy atom. The van der Waals surface area contributed by atoms with Gasteiger partial charge in [0.15, 0.2) is 11.6 Å². The molecule has 0 aliphatic rings. The van der Waals surface area contributed by atoms with Crippen molar-refractivity contribution in [2.24, 2.45) is 0 Å². The number of pyridine rings is 1. The molecule has 0 saturated carbocycles. The predicted molar refractivity (Wildman–Crippen MR) is 111 cm³/mol. The Balaban J connectivity index is 2.10. The molecule has 1 aromatic carbocycles. The largest absolute Gasteiger partial charge is 0.282 e. The van der Waals surface area contributed by atoms with Crippen LogP contribution in [0, 0.1) is 33.5 Å². The minimum absolute atomic E-state index is 0.00213. The molecule has 0 amide bonds. The van der Waals surface area contributed by atoms with Crippen LogP contribution in [0.15, 0.2) is 24.3 Å². The van der Waals surface area contributed by atoms with Crippen molar-refractivity contribution in [3.05, 3.63) is 55.3 Å². The van der Waals surface area contributed by atoms with Crippen LogP contribution in [0.3, 0.4) is 0 Å². The maximum atomic E-state index is 11.1. The van der Waals surface area contributed by atoms with Crippen LogP contribution in [0.25, 0.3) is 33.9 Å². The molecule has 0 aliphatic carbocycles. The monoisotopic (exact) mass is 426 g/mol. The van der Waals surface area contributed by atoms with E-state index >= 15 is 0 Å². The first-order chi connectivity index (χ1) is 13.8. The Hall–Kier alpha value is -3.51. The highest BCUT2D eigenvalue weighted by atomic mass is 32.1. The summed E-state index contributed by atoms with van der Waals surface area (Å²) in [5.41, 5.74) is 4.32. The second-order valence-corrected chi connectivity index (χ2v) is 7.02. The third-order valence-corrected chi connectivity index (χ3v) is 4.79. The minimum Gasteiger partial charge on any atom is -0.282 e. The number of hydrogen-bond donors (Lipinski definition) is 4. The van der Waals surface area contributed by atoms with Crippen molar-refractivity contribution in [3.63, 3.8) is 0 Å². The third-order valence-electron chi connectivity index (χ3n) is 4.40. The van der Waals surface area contributed by atoms with E-state index in [2.05, 4.69) is 35.3 Å². The summed E-state index contributed by atoms with van der Waals surface area (Å²) in [5.74, 6) is 1.01. The van der Waals surface area contributed by atoms with Gasteiger partial charge in [0.1, 0.15) is 0 Å². The number of H-pyrrole nitrogens is 4. The Labute approximate surface area is 173 Å². The normalized spacial score (nSPS) is 11.0. The lowest BCUT2D eigenvalue weighted by Gasteiger charge is -2.17. The molecule has 4 N–H and O–H groups in total. The van der Waals surface area contributed by atoms with Crippen molar-refractivity contribution in [1.82, 2.24) is 35.3 Å². The number of hydrogen-bond acceptors (Lipinski definition) is 7. The van der Waals surface area contributed by atoms with Gasteiger partial charge in [-0.2, -0.15) is 9.97 Å². The maximum Gasteiger partial charge on any atom is 0.269 e. The fourth-order valence-corrected chi connectivity index (χ4v) is 3.53. The first-order valence-corrected chi connectivity index (χ1v) is 9.23. The Kier molecular flexibility index (Phi) is 4.64. The molecule has 3 heterocycles. The van der Waals surface area contributed by atoms with E-state index in [9.17, 15) is 10.1 Å². The van der Waals surface area contributed by atoms with Gasteiger partial charge in [0, 0.05) is 40.2 Å². The van der Waals surface area contributed by atoms with Crippen molar-refractivity contribution < 1.29 is 4.92 Å². The molecule has 0 saturated heterocycles. The van der Waals surface area contributed by atoms with Gasteiger partial charge in [0.2, 0.25) is 9.54 Å². The molecule has 4 rings (SSSR count). The Morgan fingerprint density at radius 2 is 1.28 bits per heavy atom. The molecule has 10 nitrogen and oxygen atoms in total. The van der Waals surface area contributed by atoms with Crippen molar-refractivity contribution >= 4 is 30.1 Å². The highest BCUT2D eigenvalue weighted by Crippen LogP contribution is 2.41. The summed E-state index contributed by atoms with van der Waals surface area (Å²) >= 11 is 10.2. The molecule has 29 heavy (non-hydrogen) atoms. The average molecular weight is 426 g/mol. The van der Waals surface area contributed by atoms with Crippen molar-refractivity contribution in [1.29, 1.82) is 0 Å². The van der Waals surface area contributed by atoms with Gasteiger partial charge in [0.05, 0.1) is 4.92 Å². The number of rotatable bonds is 4. The summed E-state index contributed by atoms with van der Waals surface area (Å²) in [5, 5.41) is 22.6. The van der Waals surface area contributed by atoms with Gasteiger partial charge in [-0.05, 0) is 56.0 Å². The van der Waals surface area contributed by atoms with E-state index in [-0.39, 0.29) is 5.69 Å². The lowest BCUT2D eigenvalue weighted by Crippen LogP contribution is -2.02. The van der Waals surface area contributed by atoms with E-state index in [1.807, 2.05) is 13.8 Å². The van der Waals surface area contributed by atoms with E-state index in [4.69, 9.17) is 24.4 Å². The molecular formula is C17H14N8O2S2. The third kappa shape index (κ3) is 3.39. The van der Waals surface area contributed by atoms with Gasteiger partial charge >= 0.3 is 0 Å². The molecule has 0 radical (unpaired) electrons. The number of aryl methyl sites for hydroxylation is 2. The predicted octanol–water partition coefficient (Wildman–Crippen LogP) is 4.17. The zero-order valence-electron chi connectivity index (χ0n) is 15.2. The molecular weight excluding hydrogens is 412 g/mol. The SMILES string of the molecule is Cc1nc(C)c(-c2nc(=S)[nH][nH]2)c(-c2ccc([N+](=O)[O-])cc2)c1-c1nc(=S)[nH][nH]1. The quantitative estimate of drug-likeness (QED) is 0.218. The zero-order chi connectivity index (χ0) is 20.7. The van der Waals surface area contributed by atoms with Gasteiger partial charge < -0.3 is 0 Å². The van der Waals surface area contributed by atoms with Crippen LogP contribution in [0.5, 0.6) is 0 Å². The van der Waals surface area contributed by atoms with E-state index in [0.717, 1.165) is 11.1 Å². The smallest absolute Gasteiger partial charge is 0.269 e. The van der Waals surface area contributed by atoms with Crippen molar-refractivity contribution in [3.8, 4) is 33.9 Å². The van der Waals surface area contributed by atoms with E-state index < -0.39 is 4.92 Å². The molecule has 0 unspecified atom stereocenters. The number of nitro benzene ring substituents is 1. The van der Waals surface area contributed by atoms with Crippen LogP contribution < -0.4 is 0 Å². The average Bonchev–Trinajstić information content (AvgIpc) is 3.29. The summed E-state index contributed by atoms with van der Waals surface area (Å²) in [4.78, 5) is 24.0. The lowest BCUT2D eigenvalue weighted by molar-refractivity contribution is -0.384. The van der Waals surface area contributed by atoms with Gasteiger partial charge in [-0.1, -0.05) is 0 Å². The summed E-state index contributed by atoms with van der Waals surface area (Å²) in [7, 11) is 0. The van der Waals surface area contributed by atoms with Gasteiger partial charge in [-0.15, -0.1) is 0 Å². The van der Waals surface area contributed by atoms with Crippen molar-refractivity contribution in [2.45, 2.75) is 13.8 Å². The van der Waals surface area contributed by atoms with Gasteiger partial charge in [-0.3, -0.25) is 35.5 Å². The molecule has 12 heteroatoms. The van der Waals surface area contributed by atoms with E-state index in [1.54, 1.807) is 12.1 Å². The highest BCUT2D eigenvalue weighted by Gasteiger charge is 2.23. The number of nitrogens with one attached hydrogen (secondary N) is 4. The number of aromatic amines is 4. The summed E-state index contributed by atoms with van der Waals surface area (Å²) < 4.78 is 0.603. The first-order valence-electron chi connectivity index (χ1n) is 8.41. The second kappa shape index (κ2) is 7.14. The second-order valence-electron chi connectivity index (χ2n) is 6.24. The van der Waals surface area contributed by atoms with Crippen LogP contribution in [0.4, 0.5) is 5.69 Å². The van der Waals surface area contributed by atoms with Crippen LogP contribution >= 0.6 is 24.4 Å². The number of benzene rings is 1. The minimum atomic E-state index is -0.440. The Bertz CT molecular complexity index is 1270. The number of nitro groups is 1. The molecule has 0 fully saturated rings. The standard InChI is InChI=1S/C17H14N8O2S2/c1-7-11(14-19-16(28)23-21-14)13(9-3-5-10(6-4-9)25(26)27)12(8(2)18-7)15-20-17(29)24-22-15/h3-6H,1-2H3,(H2,19,21,23,28)(H2,20,22,24,29). The molecule has 4 aromatic rings. The summed E-state index contributed by atoms with van der Waals surface area (Å²) in [6.07, 6.45) is 0. The number of non-ortho nitro benzene ring substituents is 1. The molecule has 0 atom stereocenters. The zero-order valence-corrected chi connectivity index (χ0v) is 16.9. The molecule has 0 spiro atoms. The number of aromatic nitrogens is 7. The molecule has 3 aromatic heterocycles. The van der Waals surface area contributed by atoms with Gasteiger partial charge in [-0.25, -0.2) is 0 Å². The Morgan fingerprint density at radius 1 is 0.793 bits per heavy atom. The molecule has 0 bridgehead atoms.